The van der Waals surface area contributed by atoms with Crippen LogP contribution in [-0.2, 0) is 0 Å². The van der Waals surface area contributed by atoms with E-state index in [0.29, 0.717) is 6.54 Å². The van der Waals surface area contributed by atoms with E-state index in [1.165, 1.54) is 5.56 Å². The summed E-state index contributed by atoms with van der Waals surface area (Å²) >= 11 is 1.68. The number of amides is 2. The van der Waals surface area contributed by atoms with Crippen LogP contribution in [0.1, 0.15) is 36.2 Å². The summed E-state index contributed by atoms with van der Waals surface area (Å²) in [5.74, 6) is 0.867. The summed E-state index contributed by atoms with van der Waals surface area (Å²) in [7, 11) is 3.98. The van der Waals surface area contributed by atoms with Crippen molar-refractivity contribution in [1.82, 2.24) is 15.1 Å². The van der Waals surface area contributed by atoms with Crippen LogP contribution in [0.15, 0.2) is 39.6 Å². The number of hydrogen-bond donors (Lipinski definition) is 1. The second-order valence-electron chi connectivity index (χ2n) is 6.09. The molecule has 1 aliphatic heterocycles. The summed E-state index contributed by atoms with van der Waals surface area (Å²) < 4.78 is 5.49. The van der Waals surface area contributed by atoms with Gasteiger partial charge in [-0.1, -0.05) is 0 Å². The molecule has 0 bridgehead atoms. The first-order valence-electron chi connectivity index (χ1n) is 7.93. The highest BCUT2D eigenvalue weighted by molar-refractivity contribution is 7.07. The largest absolute Gasteiger partial charge is 0.468 e. The van der Waals surface area contributed by atoms with Crippen molar-refractivity contribution >= 4 is 17.4 Å². The number of hydrogen-bond acceptors (Lipinski definition) is 4. The monoisotopic (exact) mass is 333 g/mol. The molecule has 0 radical (unpaired) electrons. The van der Waals surface area contributed by atoms with E-state index in [0.717, 1.165) is 25.1 Å². The van der Waals surface area contributed by atoms with Crippen LogP contribution < -0.4 is 5.32 Å². The number of thiophene rings is 1. The lowest BCUT2D eigenvalue weighted by molar-refractivity contribution is 0.185. The van der Waals surface area contributed by atoms with Crippen LogP contribution >= 0.6 is 11.3 Å². The number of furan rings is 1. The number of likely N-dealkylation sites (N-methyl/N-ethyl adjacent to an activating group) is 1. The number of carbonyl (C=O) groups excluding carboxylic acids is 1. The van der Waals surface area contributed by atoms with E-state index in [1.807, 2.05) is 31.1 Å². The summed E-state index contributed by atoms with van der Waals surface area (Å²) in [5.41, 5.74) is 1.25. The molecule has 2 aromatic rings. The molecule has 3 heterocycles. The van der Waals surface area contributed by atoms with Crippen molar-refractivity contribution in [2.75, 3.05) is 27.2 Å². The second kappa shape index (κ2) is 7.19. The van der Waals surface area contributed by atoms with Crippen LogP contribution in [0.3, 0.4) is 0 Å². The third-order valence-electron chi connectivity index (χ3n) is 4.38. The minimum atomic E-state index is 0.0112. The Kier molecular flexibility index (Phi) is 5.03. The van der Waals surface area contributed by atoms with E-state index < -0.39 is 0 Å². The quantitative estimate of drug-likeness (QED) is 0.911. The minimum absolute atomic E-state index is 0.0112. The highest BCUT2D eigenvalue weighted by atomic mass is 32.1. The van der Waals surface area contributed by atoms with Crippen LogP contribution in [0.4, 0.5) is 4.79 Å². The highest BCUT2D eigenvalue weighted by Gasteiger charge is 2.30. The number of carbonyl (C=O) groups is 1. The van der Waals surface area contributed by atoms with Gasteiger partial charge in [0.1, 0.15) is 5.76 Å². The first-order valence-corrected chi connectivity index (χ1v) is 8.87. The lowest BCUT2D eigenvalue weighted by atomic mass is 10.1. The van der Waals surface area contributed by atoms with E-state index in [2.05, 4.69) is 27.0 Å². The molecule has 0 unspecified atom stereocenters. The van der Waals surface area contributed by atoms with Gasteiger partial charge in [0.05, 0.1) is 18.3 Å². The van der Waals surface area contributed by atoms with Gasteiger partial charge in [0.25, 0.3) is 0 Å². The predicted molar refractivity (Wildman–Crippen MR) is 91.5 cm³/mol. The third-order valence-corrected chi connectivity index (χ3v) is 5.08. The van der Waals surface area contributed by atoms with Crippen LogP contribution in [0.25, 0.3) is 0 Å². The molecule has 1 fully saturated rings. The molecular weight excluding hydrogens is 310 g/mol. The molecule has 0 aliphatic carbocycles. The lowest BCUT2D eigenvalue weighted by Crippen LogP contribution is -2.42. The van der Waals surface area contributed by atoms with Gasteiger partial charge in [-0.05, 0) is 61.5 Å². The van der Waals surface area contributed by atoms with Crippen molar-refractivity contribution < 1.29 is 9.21 Å². The Morgan fingerprint density at radius 3 is 3.04 bits per heavy atom. The molecule has 0 aromatic carbocycles. The van der Waals surface area contributed by atoms with Crippen molar-refractivity contribution in [1.29, 1.82) is 0 Å². The van der Waals surface area contributed by atoms with Gasteiger partial charge in [-0.15, -0.1) is 0 Å². The molecule has 5 nitrogen and oxygen atoms in total. The number of urea groups is 1. The van der Waals surface area contributed by atoms with Gasteiger partial charge in [-0.3, -0.25) is 4.90 Å². The average Bonchev–Trinajstić information content (AvgIpc) is 3.27. The van der Waals surface area contributed by atoms with Gasteiger partial charge < -0.3 is 14.6 Å². The van der Waals surface area contributed by atoms with Gasteiger partial charge in [0.2, 0.25) is 0 Å². The van der Waals surface area contributed by atoms with E-state index in [1.54, 1.807) is 17.6 Å². The Morgan fingerprint density at radius 1 is 1.52 bits per heavy atom. The molecule has 0 saturated carbocycles. The zero-order valence-corrected chi connectivity index (χ0v) is 14.4. The van der Waals surface area contributed by atoms with Gasteiger partial charge in [-0.2, -0.15) is 11.3 Å². The molecule has 0 spiro atoms. The Balaban J connectivity index is 1.62. The summed E-state index contributed by atoms with van der Waals surface area (Å²) in [4.78, 5) is 16.6. The smallest absolute Gasteiger partial charge is 0.317 e. The SMILES string of the molecule is CN(C)[C@H](CNC(=O)N1CCC[C@@H]1c1ccsc1)c1ccco1. The Labute approximate surface area is 140 Å². The summed E-state index contributed by atoms with van der Waals surface area (Å²) in [6.45, 7) is 1.35. The zero-order valence-electron chi connectivity index (χ0n) is 13.6. The van der Waals surface area contributed by atoms with Crippen LogP contribution in [0.2, 0.25) is 0 Å². The second-order valence-corrected chi connectivity index (χ2v) is 6.87. The summed E-state index contributed by atoms with van der Waals surface area (Å²) in [6.07, 6.45) is 3.77. The normalized spacial score (nSPS) is 19.3. The number of likely N-dealkylation sites (tertiary alicyclic amines) is 1. The predicted octanol–water partition coefficient (Wildman–Crippen LogP) is 3.49. The highest BCUT2D eigenvalue weighted by Crippen LogP contribution is 2.33. The summed E-state index contributed by atoms with van der Waals surface area (Å²) in [6, 6.07) is 6.20. The fourth-order valence-corrected chi connectivity index (χ4v) is 3.83. The molecule has 3 rings (SSSR count). The van der Waals surface area contributed by atoms with E-state index in [9.17, 15) is 4.79 Å². The number of nitrogens with zero attached hydrogens (tertiary/aromatic N) is 2. The Hall–Kier alpha value is -1.79. The number of rotatable bonds is 5. The van der Waals surface area contributed by atoms with Gasteiger partial charge in [-0.25, -0.2) is 4.79 Å². The van der Waals surface area contributed by atoms with Crippen LogP contribution in [0.5, 0.6) is 0 Å². The topological polar surface area (TPSA) is 48.7 Å². The van der Waals surface area contributed by atoms with Gasteiger partial charge in [0.15, 0.2) is 0 Å². The van der Waals surface area contributed by atoms with Crippen molar-refractivity contribution in [3.05, 3.63) is 46.5 Å². The van der Waals surface area contributed by atoms with Crippen molar-refractivity contribution in [2.24, 2.45) is 0 Å². The molecule has 1 aliphatic rings. The van der Waals surface area contributed by atoms with E-state index in [4.69, 9.17) is 4.42 Å². The first-order chi connectivity index (χ1) is 11.2. The molecule has 1 N–H and O–H groups in total. The van der Waals surface area contributed by atoms with Gasteiger partial charge >= 0.3 is 6.03 Å². The third kappa shape index (κ3) is 3.59. The minimum Gasteiger partial charge on any atom is -0.468 e. The van der Waals surface area contributed by atoms with Gasteiger partial charge in [0, 0.05) is 13.1 Å². The van der Waals surface area contributed by atoms with E-state index in [-0.39, 0.29) is 18.1 Å². The maximum absolute atomic E-state index is 12.6. The molecule has 2 atom stereocenters. The van der Waals surface area contributed by atoms with Crippen molar-refractivity contribution in [3.8, 4) is 0 Å². The molecule has 23 heavy (non-hydrogen) atoms. The maximum Gasteiger partial charge on any atom is 0.317 e. The lowest BCUT2D eigenvalue weighted by Gasteiger charge is -2.27. The fourth-order valence-electron chi connectivity index (χ4n) is 3.13. The fraction of sp³-hybridized carbons (Fsp3) is 0.471. The maximum atomic E-state index is 12.6. The van der Waals surface area contributed by atoms with Crippen LogP contribution in [-0.4, -0.2) is 43.0 Å². The molecule has 1 saturated heterocycles. The number of nitrogens with one attached hydrogen (secondary N) is 1. The first kappa shape index (κ1) is 16.1. The van der Waals surface area contributed by atoms with Crippen molar-refractivity contribution in [2.45, 2.75) is 24.9 Å². The zero-order chi connectivity index (χ0) is 16.2. The average molecular weight is 333 g/mol. The molecule has 124 valence electrons. The Morgan fingerprint density at radius 2 is 2.39 bits per heavy atom. The van der Waals surface area contributed by atoms with Crippen LogP contribution in [0, 0.1) is 0 Å². The van der Waals surface area contributed by atoms with E-state index >= 15 is 0 Å². The molecule has 6 heteroatoms. The Bertz CT molecular complexity index is 610. The molecular formula is C17H23N3O2S. The molecule has 2 amide bonds. The molecule has 2 aromatic heterocycles. The van der Waals surface area contributed by atoms with Crippen molar-refractivity contribution in [3.63, 3.8) is 0 Å². The summed E-state index contributed by atoms with van der Waals surface area (Å²) in [5, 5.41) is 7.29. The standard InChI is InChI=1S/C17H23N3O2S/c1-19(2)15(16-6-4-9-22-16)11-18-17(21)20-8-3-5-14(20)13-7-10-23-12-13/h4,6-7,9-10,12,14-15H,3,5,8,11H2,1-2H3,(H,18,21)/t14-,15-/m1/s1.